The van der Waals surface area contributed by atoms with Crippen LogP contribution in [-0.4, -0.2) is 39.2 Å². The lowest BCUT2D eigenvalue weighted by Crippen LogP contribution is -2.28. The molecule has 0 aromatic heterocycles. The normalized spacial score (nSPS) is 13.3. The maximum Gasteiger partial charge on any atom is 0.355 e. The maximum absolute atomic E-state index is 12.5. The number of carbonyl (C=O) groups is 3. The van der Waals surface area contributed by atoms with Crippen LogP contribution in [0, 0.1) is 0 Å². The number of hydrogen-bond acceptors (Lipinski definition) is 7. The van der Waals surface area contributed by atoms with E-state index in [2.05, 4.69) is 31.9 Å². The third-order valence-electron chi connectivity index (χ3n) is 3.56. The number of halogens is 2. The highest BCUT2D eigenvalue weighted by Gasteiger charge is 2.31. The number of ether oxygens (including phenoxy) is 3. The Morgan fingerprint density at radius 1 is 0.889 bits per heavy atom. The van der Waals surface area contributed by atoms with Gasteiger partial charge in [-0.3, -0.25) is 0 Å². The molecular weight excluding hydrogens is 486 g/mol. The molecule has 0 fully saturated rings. The van der Waals surface area contributed by atoms with Crippen LogP contribution >= 0.6 is 31.9 Å². The van der Waals surface area contributed by atoms with Gasteiger partial charge in [-0.2, -0.15) is 0 Å². The predicted molar refractivity (Wildman–Crippen MR) is 105 cm³/mol. The Hall–Kier alpha value is -2.39. The fraction of sp³-hybridized carbons (Fsp3) is 0.167. The van der Waals surface area contributed by atoms with Crippen molar-refractivity contribution in [2.24, 2.45) is 0 Å². The van der Waals surface area contributed by atoms with Gasteiger partial charge in [0.25, 0.3) is 0 Å². The van der Waals surface area contributed by atoms with E-state index in [1.807, 2.05) is 0 Å². The topological polar surface area (TPSA) is 82.1 Å². The van der Waals surface area contributed by atoms with E-state index < -0.39 is 17.9 Å². The molecule has 1 aromatic rings. The van der Waals surface area contributed by atoms with Crippen LogP contribution in [0.3, 0.4) is 0 Å². The van der Waals surface area contributed by atoms with Crippen LogP contribution in [0.25, 0.3) is 0 Å². The number of benzene rings is 1. The van der Waals surface area contributed by atoms with Gasteiger partial charge in [-0.25, -0.2) is 14.4 Å². The molecule has 1 aromatic carbocycles. The number of esters is 3. The van der Waals surface area contributed by atoms with Crippen molar-refractivity contribution in [1.29, 1.82) is 0 Å². The Balaban J connectivity index is 2.84. The van der Waals surface area contributed by atoms with Crippen LogP contribution in [0.4, 0.5) is 5.69 Å². The van der Waals surface area contributed by atoms with E-state index in [1.54, 1.807) is 24.3 Å². The zero-order valence-electron chi connectivity index (χ0n) is 14.6. The number of methoxy groups -OCH3 is 3. The molecule has 2 rings (SSSR count). The number of allylic oxidation sites excluding steroid dienone is 2. The highest BCUT2D eigenvalue weighted by molar-refractivity contribution is 9.11. The summed E-state index contributed by atoms with van der Waals surface area (Å²) in [5.41, 5.74) is 0.324. The Bertz CT molecular complexity index is 888. The molecule has 1 aliphatic heterocycles. The summed E-state index contributed by atoms with van der Waals surface area (Å²) in [5.74, 6) is -2.13. The molecule has 0 saturated carbocycles. The van der Waals surface area contributed by atoms with Crippen LogP contribution in [0.5, 0.6) is 0 Å². The molecule has 142 valence electrons. The van der Waals surface area contributed by atoms with E-state index >= 15 is 0 Å². The minimum Gasteiger partial charge on any atom is -0.465 e. The molecule has 0 spiro atoms. The lowest BCUT2D eigenvalue weighted by Gasteiger charge is -2.26. The van der Waals surface area contributed by atoms with Crippen molar-refractivity contribution in [3.63, 3.8) is 0 Å². The largest absolute Gasteiger partial charge is 0.465 e. The van der Waals surface area contributed by atoms with Crippen LogP contribution in [0.1, 0.15) is 10.4 Å². The first kappa shape index (κ1) is 20.9. The maximum atomic E-state index is 12.5. The summed E-state index contributed by atoms with van der Waals surface area (Å²) in [6.07, 6.45) is 6.13. The highest BCUT2D eigenvalue weighted by atomic mass is 79.9. The van der Waals surface area contributed by atoms with Crippen molar-refractivity contribution < 1.29 is 28.6 Å². The second-order valence-electron chi connectivity index (χ2n) is 5.09. The van der Waals surface area contributed by atoms with Crippen molar-refractivity contribution in [1.82, 2.24) is 0 Å². The van der Waals surface area contributed by atoms with Crippen molar-refractivity contribution in [2.45, 2.75) is 0 Å². The Morgan fingerprint density at radius 3 is 2.11 bits per heavy atom. The van der Waals surface area contributed by atoms with Crippen molar-refractivity contribution >= 4 is 55.5 Å². The molecule has 1 heterocycles. The minimum absolute atomic E-state index is 0.0278. The quantitative estimate of drug-likeness (QED) is 0.462. The van der Waals surface area contributed by atoms with Gasteiger partial charge < -0.3 is 19.1 Å². The third kappa shape index (κ3) is 4.30. The van der Waals surface area contributed by atoms with E-state index in [0.717, 1.165) is 0 Å². The number of carbonyl (C=O) groups excluding carboxylic acids is 3. The summed E-state index contributed by atoms with van der Waals surface area (Å²) in [7, 11) is 3.65. The molecule has 0 saturated heterocycles. The molecule has 0 amide bonds. The number of rotatable bonds is 4. The Labute approximate surface area is 172 Å². The molecule has 0 atom stereocenters. The van der Waals surface area contributed by atoms with Crippen LogP contribution in [0.15, 0.2) is 56.8 Å². The zero-order chi connectivity index (χ0) is 20.1. The van der Waals surface area contributed by atoms with Crippen LogP contribution < -0.4 is 4.90 Å². The fourth-order valence-electron chi connectivity index (χ4n) is 2.41. The van der Waals surface area contributed by atoms with Gasteiger partial charge in [-0.15, -0.1) is 0 Å². The van der Waals surface area contributed by atoms with E-state index in [0.29, 0.717) is 14.6 Å². The molecule has 0 N–H and O–H groups in total. The van der Waals surface area contributed by atoms with Gasteiger partial charge >= 0.3 is 17.9 Å². The molecule has 0 unspecified atom stereocenters. The number of anilines is 1. The van der Waals surface area contributed by atoms with E-state index in [1.165, 1.54) is 38.5 Å². The molecule has 9 heteroatoms. The smallest absolute Gasteiger partial charge is 0.355 e. The molecule has 27 heavy (non-hydrogen) atoms. The first-order valence-corrected chi connectivity index (χ1v) is 9.06. The van der Waals surface area contributed by atoms with Crippen molar-refractivity contribution in [3.8, 4) is 0 Å². The Kier molecular flexibility index (Phi) is 6.98. The van der Waals surface area contributed by atoms with E-state index in [4.69, 9.17) is 14.2 Å². The molecular formula is C18H15Br2NO6. The van der Waals surface area contributed by atoms with E-state index in [-0.39, 0.29) is 16.8 Å². The zero-order valence-corrected chi connectivity index (χ0v) is 17.8. The second-order valence-corrected chi connectivity index (χ2v) is 6.86. The van der Waals surface area contributed by atoms with Crippen molar-refractivity contribution in [2.75, 3.05) is 26.2 Å². The average molecular weight is 501 g/mol. The second kappa shape index (κ2) is 9.01. The summed E-state index contributed by atoms with van der Waals surface area (Å²) < 4.78 is 15.6. The van der Waals surface area contributed by atoms with Crippen LogP contribution in [-0.2, 0) is 23.8 Å². The monoisotopic (exact) mass is 499 g/mol. The average Bonchev–Trinajstić information content (AvgIpc) is 2.88. The summed E-state index contributed by atoms with van der Waals surface area (Å²) in [5, 5.41) is 0. The minimum atomic E-state index is -0.780. The molecule has 0 bridgehead atoms. The lowest BCUT2D eigenvalue weighted by molar-refractivity contribution is -0.139. The molecule has 0 radical (unpaired) electrons. The summed E-state index contributed by atoms with van der Waals surface area (Å²) in [6, 6.07) is 3.24. The van der Waals surface area contributed by atoms with Gasteiger partial charge in [0, 0.05) is 15.1 Å². The van der Waals surface area contributed by atoms with Gasteiger partial charge in [-0.05, 0) is 40.2 Å². The first-order valence-electron chi connectivity index (χ1n) is 7.48. The Morgan fingerprint density at radius 2 is 1.52 bits per heavy atom. The van der Waals surface area contributed by atoms with Crippen LogP contribution in [0.2, 0.25) is 0 Å². The predicted octanol–water partition coefficient (Wildman–Crippen LogP) is 3.49. The van der Waals surface area contributed by atoms with Crippen molar-refractivity contribution in [3.05, 3.63) is 62.3 Å². The van der Waals surface area contributed by atoms with Gasteiger partial charge in [0.15, 0.2) is 0 Å². The molecule has 1 aliphatic rings. The summed E-state index contributed by atoms with van der Waals surface area (Å²) in [4.78, 5) is 38.5. The summed E-state index contributed by atoms with van der Waals surface area (Å²) >= 11 is 6.73. The number of hydrogen-bond donors (Lipinski definition) is 0. The SMILES string of the molecule is COC(=O)C1=C(C(=O)OC)N(c2c(Br)cc(Br)cc2C(=O)OC)C=CC=C1. The highest BCUT2D eigenvalue weighted by Crippen LogP contribution is 2.38. The first-order chi connectivity index (χ1) is 12.8. The third-order valence-corrected chi connectivity index (χ3v) is 4.63. The summed E-state index contributed by atoms with van der Waals surface area (Å²) in [6.45, 7) is 0. The lowest BCUT2D eigenvalue weighted by atomic mass is 10.1. The van der Waals surface area contributed by atoms with Gasteiger partial charge in [0.1, 0.15) is 5.70 Å². The van der Waals surface area contributed by atoms with Gasteiger partial charge in [0.2, 0.25) is 0 Å². The van der Waals surface area contributed by atoms with Gasteiger partial charge in [-0.1, -0.05) is 22.0 Å². The molecule has 7 nitrogen and oxygen atoms in total. The molecule has 0 aliphatic carbocycles. The van der Waals surface area contributed by atoms with E-state index in [9.17, 15) is 14.4 Å². The fourth-order valence-corrected chi connectivity index (χ4v) is 3.83. The standard InChI is InChI=1S/C18H15Br2NO6/c1-25-16(22)11-6-4-5-7-21(15(11)18(24)27-3)14-12(17(23)26-2)8-10(19)9-13(14)20/h4-9H,1-3H3. The number of nitrogens with zero attached hydrogens (tertiary/aromatic N) is 1. The van der Waals surface area contributed by atoms with Gasteiger partial charge in [0.05, 0.1) is 38.2 Å².